The maximum absolute atomic E-state index is 6.43. The van der Waals surface area contributed by atoms with E-state index in [0.717, 1.165) is 22.2 Å². The number of methoxy groups -OCH3 is 1. The maximum Gasteiger partial charge on any atom is 0.133 e. The van der Waals surface area contributed by atoms with Gasteiger partial charge in [-0.05, 0) is 39.5 Å². The summed E-state index contributed by atoms with van der Waals surface area (Å²) in [7, 11) is 1.66. The lowest BCUT2D eigenvalue weighted by Gasteiger charge is -2.17. The Morgan fingerprint density at radius 1 is 1.33 bits per heavy atom. The van der Waals surface area contributed by atoms with Crippen LogP contribution < -0.4 is 4.74 Å². The second-order valence-electron chi connectivity index (χ2n) is 4.32. The highest BCUT2D eigenvalue weighted by atomic mass is 79.9. The second-order valence-corrected chi connectivity index (χ2v) is 5.64. The van der Waals surface area contributed by atoms with Gasteiger partial charge in [0.1, 0.15) is 12.4 Å². The monoisotopic (exact) mass is 334 g/mol. The van der Waals surface area contributed by atoms with E-state index < -0.39 is 0 Å². The second kappa shape index (κ2) is 8.03. The predicted molar refractivity (Wildman–Crippen MR) is 79.6 cm³/mol. The van der Waals surface area contributed by atoms with Crippen LogP contribution in [-0.2, 0) is 4.74 Å². The van der Waals surface area contributed by atoms with Crippen LogP contribution in [0.3, 0.4) is 0 Å². The van der Waals surface area contributed by atoms with E-state index in [4.69, 9.17) is 21.1 Å². The molecule has 0 saturated heterocycles. The Labute approximate surface area is 123 Å². The number of halogens is 2. The summed E-state index contributed by atoms with van der Waals surface area (Å²) < 4.78 is 11.5. The number of hydrogen-bond acceptors (Lipinski definition) is 2. The van der Waals surface area contributed by atoms with Gasteiger partial charge in [0.15, 0.2) is 0 Å². The fourth-order valence-corrected chi connectivity index (χ4v) is 2.40. The van der Waals surface area contributed by atoms with Crippen molar-refractivity contribution < 1.29 is 9.47 Å². The Bertz CT molecular complexity index is 371. The summed E-state index contributed by atoms with van der Waals surface area (Å²) in [5.41, 5.74) is 1.12. The molecule has 4 heteroatoms. The molecular formula is C14H20BrClO2. The fourth-order valence-electron chi connectivity index (χ4n) is 1.58. The Hall–Kier alpha value is -0.250. The molecule has 0 bridgehead atoms. The summed E-state index contributed by atoms with van der Waals surface area (Å²) in [6.45, 7) is 5.44. The zero-order valence-electron chi connectivity index (χ0n) is 11.1. The minimum Gasteiger partial charge on any atom is -0.490 e. The van der Waals surface area contributed by atoms with Gasteiger partial charge in [-0.2, -0.15) is 0 Å². The maximum atomic E-state index is 6.43. The molecule has 0 N–H and O–H groups in total. The molecule has 0 aliphatic rings. The van der Waals surface area contributed by atoms with E-state index in [1.54, 1.807) is 7.11 Å². The van der Waals surface area contributed by atoms with Crippen molar-refractivity contribution >= 4 is 27.5 Å². The van der Waals surface area contributed by atoms with Gasteiger partial charge in [-0.15, -0.1) is 11.6 Å². The number of benzene rings is 1. The fraction of sp³-hybridized carbons (Fsp3) is 0.571. The van der Waals surface area contributed by atoms with Gasteiger partial charge in [0.05, 0.1) is 16.5 Å². The van der Waals surface area contributed by atoms with Crippen molar-refractivity contribution in [2.24, 2.45) is 5.92 Å². The zero-order valence-corrected chi connectivity index (χ0v) is 13.4. The van der Waals surface area contributed by atoms with Crippen molar-refractivity contribution in [1.29, 1.82) is 0 Å². The largest absolute Gasteiger partial charge is 0.490 e. The molecule has 0 fully saturated rings. The number of ether oxygens (including phenoxy) is 2. The molecule has 2 atom stereocenters. The number of hydrogen-bond donors (Lipinski definition) is 0. The van der Waals surface area contributed by atoms with Crippen molar-refractivity contribution in [2.45, 2.75) is 25.6 Å². The highest BCUT2D eigenvalue weighted by molar-refractivity contribution is 9.10. The third-order valence-electron chi connectivity index (χ3n) is 2.96. The van der Waals surface area contributed by atoms with E-state index in [-0.39, 0.29) is 5.38 Å². The van der Waals surface area contributed by atoms with Crippen molar-refractivity contribution in [3.05, 3.63) is 28.2 Å². The van der Waals surface area contributed by atoms with E-state index in [1.165, 1.54) is 0 Å². The van der Waals surface area contributed by atoms with E-state index in [2.05, 4.69) is 29.8 Å². The summed E-state index contributed by atoms with van der Waals surface area (Å²) in [4.78, 5) is 0. The van der Waals surface area contributed by atoms with Gasteiger partial charge >= 0.3 is 0 Å². The van der Waals surface area contributed by atoms with Crippen molar-refractivity contribution in [2.75, 3.05) is 20.3 Å². The molecule has 0 spiro atoms. The molecule has 1 aromatic carbocycles. The van der Waals surface area contributed by atoms with E-state index in [0.29, 0.717) is 19.1 Å². The third-order valence-corrected chi connectivity index (χ3v) is 4.26. The van der Waals surface area contributed by atoms with Crippen molar-refractivity contribution in [1.82, 2.24) is 0 Å². The summed E-state index contributed by atoms with van der Waals surface area (Å²) in [5, 5.41) is 0.0410. The van der Waals surface area contributed by atoms with Crippen LogP contribution in [0.1, 0.15) is 31.2 Å². The molecule has 18 heavy (non-hydrogen) atoms. The summed E-state index contributed by atoms with van der Waals surface area (Å²) >= 11 is 9.94. The quantitative estimate of drug-likeness (QED) is 0.526. The minimum atomic E-state index is 0.0410. The smallest absolute Gasteiger partial charge is 0.133 e. The van der Waals surface area contributed by atoms with Crippen LogP contribution in [0.25, 0.3) is 0 Å². The molecule has 0 radical (unpaired) electrons. The molecule has 2 unspecified atom stereocenters. The molecule has 0 aliphatic heterocycles. The van der Waals surface area contributed by atoms with Gasteiger partial charge in [0, 0.05) is 7.11 Å². The molecule has 0 aliphatic carbocycles. The SMILES string of the molecule is CCC(C)C(Cl)c1ccc(OCCOC)c(Br)c1. The van der Waals surface area contributed by atoms with Gasteiger partial charge in [0.2, 0.25) is 0 Å². The normalized spacial score (nSPS) is 14.3. The van der Waals surface area contributed by atoms with Gasteiger partial charge in [0.25, 0.3) is 0 Å². The Morgan fingerprint density at radius 2 is 2.06 bits per heavy atom. The summed E-state index contributed by atoms with van der Waals surface area (Å²) in [6, 6.07) is 6.01. The van der Waals surface area contributed by atoms with Gasteiger partial charge < -0.3 is 9.47 Å². The first kappa shape index (κ1) is 15.8. The lowest BCUT2D eigenvalue weighted by molar-refractivity contribution is 0.146. The molecule has 0 aromatic heterocycles. The van der Waals surface area contributed by atoms with Crippen LogP contribution in [-0.4, -0.2) is 20.3 Å². The van der Waals surface area contributed by atoms with E-state index >= 15 is 0 Å². The average Bonchev–Trinajstić information content (AvgIpc) is 2.39. The Morgan fingerprint density at radius 3 is 2.61 bits per heavy atom. The van der Waals surface area contributed by atoms with Crippen LogP contribution in [0.2, 0.25) is 0 Å². The summed E-state index contributed by atoms with van der Waals surface area (Å²) in [5.74, 6) is 1.28. The standard InChI is InChI=1S/C14H20BrClO2/c1-4-10(2)14(16)11-5-6-13(12(15)9-11)18-8-7-17-3/h5-6,9-10,14H,4,7-8H2,1-3H3. The van der Waals surface area contributed by atoms with Crippen LogP contribution in [0.15, 0.2) is 22.7 Å². The minimum absolute atomic E-state index is 0.0410. The summed E-state index contributed by atoms with van der Waals surface area (Å²) in [6.07, 6.45) is 1.07. The highest BCUT2D eigenvalue weighted by Crippen LogP contribution is 2.35. The zero-order chi connectivity index (χ0) is 13.5. The van der Waals surface area contributed by atoms with Crippen molar-refractivity contribution in [3.8, 4) is 5.75 Å². The third kappa shape index (κ3) is 4.45. The first-order valence-corrected chi connectivity index (χ1v) is 7.38. The highest BCUT2D eigenvalue weighted by Gasteiger charge is 2.16. The van der Waals surface area contributed by atoms with Crippen LogP contribution in [0.5, 0.6) is 5.75 Å². The van der Waals surface area contributed by atoms with Gasteiger partial charge in [-0.3, -0.25) is 0 Å². The van der Waals surface area contributed by atoms with Crippen molar-refractivity contribution in [3.63, 3.8) is 0 Å². The predicted octanol–water partition coefficient (Wildman–Crippen LogP) is 4.80. The van der Waals surface area contributed by atoms with Gasteiger partial charge in [-0.1, -0.05) is 26.3 Å². The molecule has 102 valence electrons. The molecule has 0 saturated carbocycles. The Kier molecular flexibility index (Phi) is 7.05. The average molecular weight is 336 g/mol. The number of rotatable bonds is 7. The molecule has 1 aromatic rings. The van der Waals surface area contributed by atoms with E-state index in [9.17, 15) is 0 Å². The lowest BCUT2D eigenvalue weighted by Crippen LogP contribution is -2.06. The van der Waals surface area contributed by atoms with Gasteiger partial charge in [-0.25, -0.2) is 0 Å². The first-order valence-electron chi connectivity index (χ1n) is 6.15. The number of alkyl halides is 1. The Balaban J connectivity index is 2.72. The lowest BCUT2D eigenvalue weighted by atomic mass is 9.98. The van der Waals surface area contributed by atoms with Crippen LogP contribution in [0, 0.1) is 5.92 Å². The molecule has 0 amide bonds. The van der Waals surface area contributed by atoms with E-state index in [1.807, 2.05) is 18.2 Å². The topological polar surface area (TPSA) is 18.5 Å². The molecule has 1 rings (SSSR count). The molecular weight excluding hydrogens is 316 g/mol. The first-order chi connectivity index (χ1) is 8.60. The molecule has 2 nitrogen and oxygen atoms in total. The van der Waals surface area contributed by atoms with Crippen LogP contribution >= 0.6 is 27.5 Å². The molecule has 0 heterocycles. The van der Waals surface area contributed by atoms with Crippen LogP contribution in [0.4, 0.5) is 0 Å².